The molecule has 0 aliphatic heterocycles. The molecule has 0 aliphatic rings. The third-order valence-corrected chi connectivity index (χ3v) is 1.48. The fraction of sp³-hybridized carbons (Fsp3) is 0.467. The van der Waals surface area contributed by atoms with Gasteiger partial charge in [-0.25, -0.2) is 0 Å². The van der Waals surface area contributed by atoms with Crippen LogP contribution in [0.4, 0.5) is 0 Å². The van der Waals surface area contributed by atoms with Gasteiger partial charge in [-0.1, -0.05) is 30.3 Å². The molecule has 118 valence electrons. The number of benzene rings is 1. The number of carbonyl (C=O) groups excluding carboxylic acids is 4. The summed E-state index contributed by atoms with van der Waals surface area (Å²) in [4.78, 5) is 32.5. The highest BCUT2D eigenvalue weighted by atomic mass is 16.3. The molecule has 0 atom stereocenters. The lowest BCUT2D eigenvalue weighted by Crippen LogP contribution is -2.21. The van der Waals surface area contributed by atoms with Gasteiger partial charge in [-0.15, -0.1) is 0 Å². The van der Waals surface area contributed by atoms with Crippen LogP contribution >= 0.6 is 0 Å². The molecule has 0 saturated carbocycles. The van der Waals surface area contributed by atoms with Crippen LogP contribution in [0.1, 0.15) is 33.3 Å². The molecular weight excluding hydrogens is 276 g/mol. The third kappa shape index (κ3) is 38.1. The lowest BCUT2D eigenvalue weighted by atomic mass is 9.99. The van der Waals surface area contributed by atoms with Crippen LogP contribution in [-0.2, 0) is 25.6 Å². The average molecular weight is 298 g/mol. The van der Waals surface area contributed by atoms with Gasteiger partial charge < -0.3 is 10.2 Å². The maximum Gasteiger partial charge on any atom is 0.373 e. The second kappa shape index (κ2) is 16.0. The van der Waals surface area contributed by atoms with Gasteiger partial charge in [0, 0.05) is 12.5 Å². The molecule has 0 aromatic heterocycles. The van der Waals surface area contributed by atoms with E-state index in [9.17, 15) is 5.11 Å². The molecule has 0 radical (unpaired) electrons. The summed E-state index contributed by atoms with van der Waals surface area (Å²) in [6.07, 6.45) is 1.05. The van der Waals surface area contributed by atoms with Crippen molar-refractivity contribution in [2.45, 2.75) is 45.8 Å². The van der Waals surface area contributed by atoms with Gasteiger partial charge in [0.2, 0.25) is 0 Å². The van der Waals surface area contributed by atoms with Crippen LogP contribution in [0.5, 0.6) is 0 Å². The Labute approximate surface area is 124 Å². The number of rotatable bonds is 2. The van der Waals surface area contributed by atoms with E-state index in [1.165, 1.54) is 5.56 Å². The first kappa shape index (κ1) is 24.0. The minimum absolute atomic E-state index is 0.167. The van der Waals surface area contributed by atoms with Gasteiger partial charge in [0.05, 0.1) is 5.60 Å². The standard InChI is InChI=1S/C10H14O.C3H8O.2CO2/c1-10(2,11)8-9-6-4-3-5-7-9;1-3(2)4;2*2-1-3/h3-7,11H,8H2,1-2H3;3-4H,1-2H3;;. The SMILES string of the molecule is CC(C)(O)Cc1ccccc1.CC(C)O.O=C=O.O=C=O. The first-order chi connectivity index (χ1) is 9.64. The second-order valence-corrected chi connectivity index (χ2v) is 4.74. The summed E-state index contributed by atoms with van der Waals surface area (Å²) >= 11 is 0. The van der Waals surface area contributed by atoms with Crippen LogP contribution in [-0.4, -0.2) is 34.2 Å². The van der Waals surface area contributed by atoms with Crippen molar-refractivity contribution in [1.29, 1.82) is 0 Å². The zero-order valence-electron chi connectivity index (χ0n) is 12.7. The van der Waals surface area contributed by atoms with Gasteiger partial charge in [0.1, 0.15) is 0 Å². The molecule has 0 heterocycles. The van der Waals surface area contributed by atoms with E-state index in [0.29, 0.717) is 6.42 Å². The van der Waals surface area contributed by atoms with Crippen LogP contribution in [0.25, 0.3) is 0 Å². The predicted octanol–water partition coefficient (Wildman–Crippen LogP) is 1.22. The predicted molar refractivity (Wildman–Crippen MR) is 73.8 cm³/mol. The maximum atomic E-state index is 9.47. The van der Waals surface area contributed by atoms with Crippen molar-refractivity contribution in [1.82, 2.24) is 0 Å². The number of hydrogen-bond acceptors (Lipinski definition) is 6. The molecule has 1 rings (SSSR count). The highest BCUT2D eigenvalue weighted by Crippen LogP contribution is 2.10. The van der Waals surface area contributed by atoms with E-state index in [-0.39, 0.29) is 18.4 Å². The van der Waals surface area contributed by atoms with Gasteiger partial charge in [0.25, 0.3) is 0 Å². The van der Waals surface area contributed by atoms with Crippen LogP contribution in [0, 0.1) is 0 Å². The van der Waals surface area contributed by atoms with Crippen molar-refractivity contribution >= 4 is 12.3 Å². The minimum atomic E-state index is -0.596. The highest BCUT2D eigenvalue weighted by molar-refractivity contribution is 5.20. The fourth-order valence-corrected chi connectivity index (χ4v) is 1.10. The summed E-state index contributed by atoms with van der Waals surface area (Å²) < 4.78 is 0. The first-order valence-electron chi connectivity index (χ1n) is 6.07. The summed E-state index contributed by atoms with van der Waals surface area (Å²) in [5, 5.41) is 17.5. The first-order valence-corrected chi connectivity index (χ1v) is 6.07. The normalized spacial score (nSPS) is 8.52. The van der Waals surface area contributed by atoms with E-state index in [4.69, 9.17) is 24.3 Å². The molecule has 1 aromatic rings. The molecule has 2 N–H and O–H groups in total. The lowest BCUT2D eigenvalue weighted by Gasteiger charge is -2.16. The zero-order chi connectivity index (χ0) is 17.3. The van der Waals surface area contributed by atoms with Crippen LogP contribution in [0.2, 0.25) is 0 Å². The molecule has 0 fully saturated rings. The largest absolute Gasteiger partial charge is 0.394 e. The number of aliphatic hydroxyl groups excluding tert-OH is 1. The molecule has 0 saturated heterocycles. The van der Waals surface area contributed by atoms with Crippen molar-refractivity contribution in [2.75, 3.05) is 0 Å². The molecule has 6 heteroatoms. The Hall–Kier alpha value is -2.10. The van der Waals surface area contributed by atoms with E-state index in [1.807, 2.05) is 44.2 Å². The van der Waals surface area contributed by atoms with Gasteiger partial charge in [-0.05, 0) is 33.3 Å². The van der Waals surface area contributed by atoms with E-state index < -0.39 is 5.60 Å². The van der Waals surface area contributed by atoms with Crippen molar-refractivity contribution in [3.63, 3.8) is 0 Å². The van der Waals surface area contributed by atoms with E-state index in [0.717, 1.165) is 0 Å². The van der Waals surface area contributed by atoms with Crippen LogP contribution in [0.3, 0.4) is 0 Å². The minimum Gasteiger partial charge on any atom is -0.394 e. The summed E-state index contributed by atoms with van der Waals surface area (Å²) in [5.41, 5.74) is 0.585. The van der Waals surface area contributed by atoms with Crippen molar-refractivity contribution in [2.24, 2.45) is 0 Å². The Bertz CT molecular complexity index is 379. The second-order valence-electron chi connectivity index (χ2n) is 4.74. The monoisotopic (exact) mass is 298 g/mol. The van der Waals surface area contributed by atoms with E-state index in [1.54, 1.807) is 13.8 Å². The molecule has 0 bridgehead atoms. The van der Waals surface area contributed by atoms with Gasteiger partial charge in [0.15, 0.2) is 0 Å². The topological polar surface area (TPSA) is 109 Å². The molecule has 0 aliphatic carbocycles. The lowest BCUT2D eigenvalue weighted by molar-refractivity contribution is -0.193. The molecule has 0 unspecified atom stereocenters. The van der Waals surface area contributed by atoms with Gasteiger partial charge in [-0.2, -0.15) is 19.2 Å². The Balaban J connectivity index is -0.000000270. The van der Waals surface area contributed by atoms with Crippen LogP contribution < -0.4 is 0 Å². The maximum absolute atomic E-state index is 9.47. The smallest absolute Gasteiger partial charge is 0.373 e. The summed E-state index contributed by atoms with van der Waals surface area (Å²) in [5.74, 6) is 0. The molecular formula is C15H22O6. The van der Waals surface area contributed by atoms with E-state index in [2.05, 4.69) is 0 Å². The molecule has 6 nitrogen and oxygen atoms in total. The Morgan fingerprint density at radius 3 is 1.52 bits per heavy atom. The third-order valence-electron chi connectivity index (χ3n) is 1.48. The number of aliphatic hydroxyl groups is 2. The van der Waals surface area contributed by atoms with Crippen LogP contribution in [0.15, 0.2) is 30.3 Å². The van der Waals surface area contributed by atoms with Crippen molar-refractivity contribution in [3.8, 4) is 0 Å². The summed E-state index contributed by atoms with van der Waals surface area (Å²) in [6, 6.07) is 10.0. The summed E-state index contributed by atoms with van der Waals surface area (Å²) in [6.45, 7) is 7.08. The van der Waals surface area contributed by atoms with Gasteiger partial charge >= 0.3 is 12.3 Å². The van der Waals surface area contributed by atoms with E-state index >= 15 is 0 Å². The average Bonchev–Trinajstić information content (AvgIpc) is 2.29. The Kier molecular flexibility index (Phi) is 18.2. The zero-order valence-corrected chi connectivity index (χ0v) is 12.7. The van der Waals surface area contributed by atoms with Crippen molar-refractivity contribution in [3.05, 3.63) is 35.9 Å². The number of hydrogen-bond donors (Lipinski definition) is 2. The van der Waals surface area contributed by atoms with Gasteiger partial charge in [-0.3, -0.25) is 0 Å². The Morgan fingerprint density at radius 2 is 1.29 bits per heavy atom. The molecule has 21 heavy (non-hydrogen) atoms. The highest BCUT2D eigenvalue weighted by Gasteiger charge is 2.12. The van der Waals surface area contributed by atoms with Crippen molar-refractivity contribution < 1.29 is 29.4 Å². The molecule has 0 spiro atoms. The molecule has 0 amide bonds. The fourth-order valence-electron chi connectivity index (χ4n) is 1.10. The summed E-state index contributed by atoms with van der Waals surface area (Å²) in [7, 11) is 0. The quantitative estimate of drug-likeness (QED) is 0.849. The Morgan fingerprint density at radius 1 is 1.00 bits per heavy atom. The molecule has 1 aromatic carbocycles.